The van der Waals surface area contributed by atoms with Crippen molar-refractivity contribution >= 4 is 23.4 Å². The molecule has 6 heteroatoms. The van der Waals surface area contributed by atoms with E-state index in [4.69, 9.17) is 21.1 Å². The van der Waals surface area contributed by atoms with Crippen LogP contribution in [0.2, 0.25) is 0 Å². The van der Waals surface area contributed by atoms with E-state index in [1.54, 1.807) is 18.9 Å². The minimum absolute atomic E-state index is 0.0360. The Morgan fingerprint density at radius 3 is 2.67 bits per heavy atom. The summed E-state index contributed by atoms with van der Waals surface area (Å²) in [6.45, 7) is 6.21. The number of epoxide rings is 1. The van der Waals surface area contributed by atoms with Gasteiger partial charge in [-0.3, -0.25) is 0 Å². The molecule has 6 atom stereocenters. The topological polar surface area (TPSA) is 62.2 Å². The van der Waals surface area contributed by atoms with Crippen LogP contribution in [0.1, 0.15) is 51.2 Å². The normalized spacial score (nSPS) is 35.8. The average Bonchev–Trinajstić information content (AvgIpc) is 3.39. The van der Waals surface area contributed by atoms with E-state index in [9.17, 15) is 10.2 Å². The quantitative estimate of drug-likeness (QED) is 0.322. The van der Waals surface area contributed by atoms with Crippen molar-refractivity contribution in [2.75, 3.05) is 12.9 Å². The van der Waals surface area contributed by atoms with Gasteiger partial charge in [0.15, 0.2) is 0 Å². The number of ether oxygens (including phenoxy) is 2. The molecule has 0 bridgehead atoms. The molecule has 3 rings (SSSR count). The van der Waals surface area contributed by atoms with Crippen molar-refractivity contribution in [3.8, 4) is 0 Å². The molecule has 2 N–H and O–H groups in total. The van der Waals surface area contributed by atoms with Gasteiger partial charge in [-0.2, -0.15) is 11.8 Å². The molecular weight excluding hydrogens is 420 g/mol. The Morgan fingerprint density at radius 1 is 1.33 bits per heavy atom. The zero-order chi connectivity index (χ0) is 21.9. The number of hydrogen-bond donors (Lipinski definition) is 2. The summed E-state index contributed by atoms with van der Waals surface area (Å²) in [4.78, 5) is 0. The van der Waals surface area contributed by atoms with Gasteiger partial charge in [-0.25, -0.2) is 0 Å². The van der Waals surface area contributed by atoms with Gasteiger partial charge in [0.05, 0.1) is 23.9 Å². The predicted molar refractivity (Wildman–Crippen MR) is 124 cm³/mol. The van der Waals surface area contributed by atoms with Crippen molar-refractivity contribution in [2.45, 2.75) is 81.2 Å². The second-order valence-corrected chi connectivity index (χ2v) is 10.3. The van der Waals surface area contributed by atoms with E-state index in [-0.39, 0.29) is 12.0 Å². The summed E-state index contributed by atoms with van der Waals surface area (Å²) in [5.74, 6) is 1.55. The van der Waals surface area contributed by atoms with Crippen LogP contribution in [0, 0.1) is 5.92 Å². The van der Waals surface area contributed by atoms with Gasteiger partial charge < -0.3 is 19.7 Å². The van der Waals surface area contributed by atoms with Crippen LogP contribution in [-0.2, 0) is 21.1 Å². The van der Waals surface area contributed by atoms with E-state index in [0.29, 0.717) is 24.5 Å². The third-order valence-corrected chi connectivity index (χ3v) is 8.15. The average molecular weight is 455 g/mol. The fraction of sp³-hybridized carbons (Fsp3) is 0.667. The van der Waals surface area contributed by atoms with Gasteiger partial charge in [-0.15, -0.1) is 11.6 Å². The molecule has 2 aliphatic rings. The van der Waals surface area contributed by atoms with E-state index in [1.165, 1.54) is 11.1 Å². The molecule has 1 saturated carbocycles. The fourth-order valence-electron chi connectivity index (χ4n) is 4.90. The fourth-order valence-corrected chi connectivity index (χ4v) is 6.44. The summed E-state index contributed by atoms with van der Waals surface area (Å²) < 4.78 is 11.9. The van der Waals surface area contributed by atoms with Gasteiger partial charge in [0.25, 0.3) is 0 Å². The van der Waals surface area contributed by atoms with E-state index >= 15 is 0 Å². The number of thioether (sulfide) groups is 1. The molecule has 1 aliphatic heterocycles. The molecule has 1 aromatic rings. The van der Waals surface area contributed by atoms with Crippen molar-refractivity contribution in [3.63, 3.8) is 0 Å². The highest BCUT2D eigenvalue weighted by Crippen LogP contribution is 2.55. The summed E-state index contributed by atoms with van der Waals surface area (Å²) in [6.07, 6.45) is 3.06. The molecule has 0 radical (unpaired) electrons. The molecule has 1 aromatic carbocycles. The molecule has 1 saturated heterocycles. The lowest BCUT2D eigenvalue weighted by atomic mass is 9.66. The number of hydrogen-bond acceptors (Lipinski definition) is 5. The molecule has 0 spiro atoms. The van der Waals surface area contributed by atoms with E-state index in [2.05, 4.69) is 32.9 Å². The Hall–Kier alpha value is -0.560. The first-order chi connectivity index (χ1) is 14.2. The largest absolute Gasteiger partial charge is 0.390 e. The zero-order valence-corrected chi connectivity index (χ0v) is 20.0. The second kappa shape index (κ2) is 9.93. The standard InChI is InChI=1S/C24H35ClO4S/c1-16(2)9-10-20-23(3,29-20)22-21(28-4)19(26)11-12-24(22,27)15-30-14-18-8-6-5-7-17(18)13-25/h5-9,19-22,26-27H,10-15H2,1-4H3. The SMILES string of the molecule is COC1C(O)CCC(O)(CSCc2ccccc2CCl)C1C1(C)OC1CC=C(C)C. The van der Waals surface area contributed by atoms with Crippen molar-refractivity contribution in [2.24, 2.45) is 5.92 Å². The Labute approximate surface area is 190 Å². The maximum atomic E-state index is 11.8. The van der Waals surface area contributed by atoms with Crippen LogP contribution in [0.25, 0.3) is 0 Å². The molecule has 0 aromatic heterocycles. The Balaban J connectivity index is 1.75. The van der Waals surface area contributed by atoms with Crippen LogP contribution in [0.4, 0.5) is 0 Å². The molecule has 168 valence electrons. The minimum atomic E-state index is -0.963. The van der Waals surface area contributed by atoms with Gasteiger partial charge in [0.1, 0.15) is 5.60 Å². The Kier molecular flexibility index (Phi) is 7.97. The smallest absolute Gasteiger partial charge is 0.100 e. The third kappa shape index (κ3) is 5.08. The van der Waals surface area contributed by atoms with Crippen LogP contribution in [0.3, 0.4) is 0 Å². The Bertz CT molecular complexity index is 752. The summed E-state index contributed by atoms with van der Waals surface area (Å²) >= 11 is 7.78. The maximum Gasteiger partial charge on any atom is 0.100 e. The number of alkyl halides is 1. The zero-order valence-electron chi connectivity index (χ0n) is 18.4. The van der Waals surface area contributed by atoms with Crippen molar-refractivity contribution in [1.82, 2.24) is 0 Å². The number of aliphatic hydroxyl groups excluding tert-OH is 1. The molecule has 1 aliphatic carbocycles. The van der Waals surface area contributed by atoms with Gasteiger partial charge in [-0.05, 0) is 51.2 Å². The van der Waals surface area contributed by atoms with Crippen LogP contribution in [0.5, 0.6) is 0 Å². The highest BCUT2D eigenvalue weighted by Gasteiger charge is 2.66. The highest BCUT2D eigenvalue weighted by molar-refractivity contribution is 7.98. The number of aliphatic hydroxyl groups is 2. The summed E-state index contributed by atoms with van der Waals surface area (Å²) in [5, 5.41) is 22.4. The number of methoxy groups -OCH3 is 1. The van der Waals surface area contributed by atoms with Crippen molar-refractivity contribution < 1.29 is 19.7 Å². The van der Waals surface area contributed by atoms with Crippen LogP contribution >= 0.6 is 23.4 Å². The predicted octanol–water partition coefficient (Wildman–Crippen LogP) is 4.69. The van der Waals surface area contributed by atoms with Crippen LogP contribution < -0.4 is 0 Å². The second-order valence-electron chi connectivity index (χ2n) is 9.09. The number of halogens is 1. The molecule has 6 unspecified atom stereocenters. The molecule has 1 heterocycles. The lowest BCUT2D eigenvalue weighted by molar-refractivity contribution is -0.169. The van der Waals surface area contributed by atoms with Crippen LogP contribution in [0.15, 0.2) is 35.9 Å². The molecule has 30 heavy (non-hydrogen) atoms. The maximum absolute atomic E-state index is 11.8. The third-order valence-electron chi connectivity index (χ3n) is 6.64. The first kappa shape index (κ1) is 24.1. The van der Waals surface area contributed by atoms with Gasteiger partial charge >= 0.3 is 0 Å². The molecule has 2 fully saturated rings. The molecule has 4 nitrogen and oxygen atoms in total. The number of rotatable bonds is 9. The first-order valence-corrected chi connectivity index (χ1v) is 12.4. The van der Waals surface area contributed by atoms with Gasteiger partial charge in [0, 0.05) is 30.4 Å². The monoisotopic (exact) mass is 454 g/mol. The van der Waals surface area contributed by atoms with E-state index < -0.39 is 23.4 Å². The van der Waals surface area contributed by atoms with Crippen molar-refractivity contribution in [1.29, 1.82) is 0 Å². The molecular formula is C24H35ClO4S. The summed E-state index contributed by atoms with van der Waals surface area (Å²) in [7, 11) is 1.62. The first-order valence-electron chi connectivity index (χ1n) is 10.7. The lowest BCUT2D eigenvalue weighted by Crippen LogP contribution is -2.60. The number of benzene rings is 1. The van der Waals surface area contributed by atoms with Crippen molar-refractivity contribution in [3.05, 3.63) is 47.0 Å². The van der Waals surface area contributed by atoms with E-state index in [1.807, 2.05) is 18.2 Å². The number of allylic oxidation sites excluding steroid dienone is 1. The van der Waals surface area contributed by atoms with Gasteiger partial charge in [0.2, 0.25) is 0 Å². The minimum Gasteiger partial charge on any atom is -0.390 e. The summed E-state index contributed by atoms with van der Waals surface area (Å²) in [5.41, 5.74) is 2.12. The van der Waals surface area contributed by atoms with E-state index in [0.717, 1.165) is 17.7 Å². The molecule has 0 amide bonds. The summed E-state index contributed by atoms with van der Waals surface area (Å²) in [6, 6.07) is 8.16. The lowest BCUT2D eigenvalue weighted by Gasteiger charge is -2.48. The highest BCUT2D eigenvalue weighted by atomic mass is 35.5. The Morgan fingerprint density at radius 2 is 2.03 bits per heavy atom. The van der Waals surface area contributed by atoms with Gasteiger partial charge in [-0.1, -0.05) is 35.9 Å². The van der Waals surface area contributed by atoms with Crippen LogP contribution in [-0.4, -0.2) is 52.6 Å².